The second-order valence-corrected chi connectivity index (χ2v) is 3.00. The molecule has 1 aliphatic rings. The predicted molar refractivity (Wildman–Crippen MR) is 43.0 cm³/mol. The van der Waals surface area contributed by atoms with Crippen LogP contribution in [0.5, 0.6) is 0 Å². The zero-order valence-corrected chi connectivity index (χ0v) is 7.20. The number of amides is 1. The second-order valence-electron chi connectivity index (χ2n) is 3.00. The summed E-state index contributed by atoms with van der Waals surface area (Å²) in [6, 6.07) is -1.28. The number of aliphatic hydroxyl groups is 4. The molecule has 7 heteroatoms. The van der Waals surface area contributed by atoms with Gasteiger partial charge in [-0.05, 0) is 0 Å². The maximum absolute atomic E-state index is 10.4. The summed E-state index contributed by atoms with van der Waals surface area (Å²) in [5.74, 6) is 0. The molecule has 0 spiro atoms. The Hall–Kier alpha value is -0.730. The van der Waals surface area contributed by atoms with Gasteiger partial charge >= 0.3 is 0 Å². The van der Waals surface area contributed by atoms with Gasteiger partial charge in [0.2, 0.25) is 6.39 Å². The molecule has 1 fully saturated rings. The Kier molecular flexibility index (Phi) is 3.27. The van der Waals surface area contributed by atoms with Gasteiger partial charge in [0.15, 0.2) is 6.29 Å². The van der Waals surface area contributed by atoms with Crippen molar-refractivity contribution in [2.45, 2.75) is 30.6 Å². The Labute approximate surface area is 81.3 Å². The van der Waals surface area contributed by atoms with Gasteiger partial charge in [-0.1, -0.05) is 0 Å². The highest BCUT2D eigenvalue weighted by molar-refractivity contribution is 5.47. The summed E-state index contributed by atoms with van der Waals surface area (Å²) in [4.78, 5) is 10.4. The molecular weight excluding hydrogens is 194 g/mol. The van der Waals surface area contributed by atoms with E-state index in [1.807, 2.05) is 5.32 Å². The molecule has 1 rings (SSSR count). The topological polar surface area (TPSA) is 119 Å². The van der Waals surface area contributed by atoms with Crippen LogP contribution in [0.25, 0.3) is 0 Å². The van der Waals surface area contributed by atoms with Crippen LogP contribution < -0.4 is 5.32 Å². The van der Waals surface area contributed by atoms with E-state index in [1.54, 1.807) is 0 Å². The molecule has 0 aromatic carbocycles. The molecule has 0 aromatic rings. The van der Waals surface area contributed by atoms with E-state index in [0.29, 0.717) is 0 Å². The van der Waals surface area contributed by atoms with Crippen LogP contribution in [0.2, 0.25) is 0 Å². The zero-order valence-electron chi connectivity index (χ0n) is 8.20. The Morgan fingerprint density at radius 1 is 1.43 bits per heavy atom. The molecule has 1 saturated heterocycles. The summed E-state index contributed by atoms with van der Waals surface area (Å²) in [6.45, 7) is -0.573. The summed E-state index contributed by atoms with van der Waals surface area (Å²) in [6.07, 6.45) is -6.84. The van der Waals surface area contributed by atoms with Gasteiger partial charge < -0.3 is 30.5 Å². The van der Waals surface area contributed by atoms with Gasteiger partial charge in [-0.25, -0.2) is 0 Å². The quantitative estimate of drug-likeness (QED) is 0.301. The lowest BCUT2D eigenvalue weighted by molar-refractivity contribution is -0.253. The fourth-order valence-corrected chi connectivity index (χ4v) is 1.32. The van der Waals surface area contributed by atoms with Crippen molar-refractivity contribution in [3.8, 4) is 0 Å². The van der Waals surface area contributed by atoms with Gasteiger partial charge in [-0.15, -0.1) is 0 Å². The molecule has 5 N–H and O–H groups in total. The van der Waals surface area contributed by atoms with E-state index in [1.165, 1.54) is 0 Å². The van der Waals surface area contributed by atoms with E-state index in [9.17, 15) is 20.1 Å². The van der Waals surface area contributed by atoms with Crippen molar-refractivity contribution in [2.24, 2.45) is 0 Å². The van der Waals surface area contributed by atoms with Crippen molar-refractivity contribution in [3.63, 3.8) is 0 Å². The van der Waals surface area contributed by atoms with Gasteiger partial charge in [0.1, 0.15) is 25.7 Å². The lowest BCUT2D eigenvalue weighted by Crippen LogP contribution is -2.63. The molecule has 7 nitrogen and oxygen atoms in total. The first kappa shape index (κ1) is 9.81. The smallest absolute Gasteiger partial charge is 0.207 e. The normalized spacial score (nSPS) is 44.3. The Morgan fingerprint density at radius 3 is 2.57 bits per heavy atom. The molecule has 0 radical (unpaired) electrons. The molecule has 0 saturated carbocycles. The fraction of sp³-hybridized carbons (Fsp3) is 0.857. The van der Waals surface area contributed by atoms with Crippen molar-refractivity contribution >= 4 is 6.39 Å². The van der Waals surface area contributed by atoms with Gasteiger partial charge in [0.25, 0.3) is 0 Å². The number of carbonyl (C=O) groups excluding carboxylic acids is 1. The van der Waals surface area contributed by atoms with E-state index in [-0.39, 0.29) is 0 Å². The van der Waals surface area contributed by atoms with E-state index >= 15 is 0 Å². The first-order valence-electron chi connectivity index (χ1n) is 4.55. The maximum Gasteiger partial charge on any atom is 0.207 e. The predicted octanol–water partition coefficient (Wildman–Crippen LogP) is -3.47. The van der Waals surface area contributed by atoms with E-state index in [0.717, 1.165) is 0 Å². The molecule has 0 bridgehead atoms. The number of ether oxygens (including phenoxy) is 1. The highest BCUT2D eigenvalue weighted by Gasteiger charge is 2.43. The van der Waals surface area contributed by atoms with Crippen LogP contribution in [0, 0.1) is 0 Å². The standard InChI is InChI=1S/C7H13NO6/c9-1-3-5(11)6(12)4(8-2-10)7(13)14-3/h2-7,9,11-13H,1H2,(H,8,10)/i2T. The number of carbonyl (C=O) groups is 1. The van der Waals surface area contributed by atoms with Crippen molar-refractivity contribution in [3.05, 3.63) is 0 Å². The van der Waals surface area contributed by atoms with E-state index in [4.69, 9.17) is 11.2 Å². The van der Waals surface area contributed by atoms with Crippen LogP contribution in [0.15, 0.2) is 0 Å². The average Bonchev–Trinajstić information content (AvgIpc) is 2.18. The molecular formula is C7H13NO6. The Morgan fingerprint density at radius 2 is 2.07 bits per heavy atom. The highest BCUT2D eigenvalue weighted by Crippen LogP contribution is 2.19. The zero-order chi connectivity index (χ0) is 11.6. The maximum atomic E-state index is 10.4. The van der Waals surface area contributed by atoms with Gasteiger partial charge in [-0.3, -0.25) is 4.79 Å². The van der Waals surface area contributed by atoms with Crippen molar-refractivity contribution in [2.75, 3.05) is 6.61 Å². The first-order chi connectivity index (χ1) is 6.97. The third-order valence-corrected chi connectivity index (χ3v) is 2.13. The fourth-order valence-electron chi connectivity index (χ4n) is 1.32. The molecule has 0 aromatic heterocycles. The van der Waals surface area contributed by atoms with Crippen molar-refractivity contribution < 1.29 is 31.3 Å². The molecule has 1 heterocycles. The lowest BCUT2D eigenvalue weighted by atomic mass is 9.97. The number of rotatable bonds is 2. The summed E-state index contributed by atoms with van der Waals surface area (Å²) in [7, 11) is 0. The van der Waals surface area contributed by atoms with Gasteiger partial charge in [0, 0.05) is 0 Å². The van der Waals surface area contributed by atoms with Crippen molar-refractivity contribution in [1.82, 2.24) is 5.32 Å². The third kappa shape index (κ3) is 2.02. The van der Waals surface area contributed by atoms with Crippen LogP contribution >= 0.6 is 0 Å². The van der Waals surface area contributed by atoms with Crippen LogP contribution in [0.3, 0.4) is 0 Å². The first-order valence-corrected chi connectivity index (χ1v) is 4.05. The number of nitrogens with one attached hydrogen (secondary N) is 1. The van der Waals surface area contributed by atoms with E-state index < -0.39 is 43.6 Å². The number of hydrogen-bond donors (Lipinski definition) is 5. The minimum atomic E-state index is -1.57. The summed E-state index contributed by atoms with van der Waals surface area (Å²) in [5, 5.41) is 38.8. The number of hydrogen-bond acceptors (Lipinski definition) is 6. The molecule has 0 aliphatic carbocycles. The SMILES string of the molecule is [3H]C(=O)NC1C(O)OC(CO)C(O)C1O. The number of aliphatic hydroxyl groups excluding tert-OH is 4. The molecule has 1 aliphatic heterocycles. The summed E-state index contributed by atoms with van der Waals surface area (Å²) >= 11 is 0. The molecule has 1 amide bonds. The lowest BCUT2D eigenvalue weighted by Gasteiger charge is -2.39. The largest absolute Gasteiger partial charge is 0.394 e. The van der Waals surface area contributed by atoms with Crippen molar-refractivity contribution in [1.29, 1.82) is 0 Å². The van der Waals surface area contributed by atoms with Gasteiger partial charge in [-0.2, -0.15) is 0 Å². The molecule has 14 heavy (non-hydrogen) atoms. The second kappa shape index (κ2) is 4.67. The van der Waals surface area contributed by atoms with Gasteiger partial charge in [0.05, 0.1) is 6.61 Å². The van der Waals surface area contributed by atoms with E-state index in [2.05, 4.69) is 0 Å². The Balaban J connectivity index is 2.70. The van der Waals surface area contributed by atoms with Crippen LogP contribution in [-0.4, -0.2) is 64.1 Å². The summed E-state index contributed by atoms with van der Waals surface area (Å²) in [5.41, 5.74) is 0. The third-order valence-electron chi connectivity index (χ3n) is 2.13. The Bertz CT molecular complexity index is 240. The average molecular weight is 209 g/mol. The highest BCUT2D eigenvalue weighted by atomic mass is 16.6. The van der Waals surface area contributed by atoms with Crippen LogP contribution in [0.4, 0.5) is 0 Å². The monoisotopic (exact) mass is 209 g/mol. The minimum Gasteiger partial charge on any atom is -0.394 e. The summed E-state index contributed by atoms with van der Waals surface area (Å²) < 4.78 is 11.3. The molecule has 5 atom stereocenters. The minimum absolute atomic E-state index is 0.573. The van der Waals surface area contributed by atoms with Crippen LogP contribution in [-0.2, 0) is 9.53 Å². The molecule has 82 valence electrons. The molecule has 5 unspecified atom stereocenters. The van der Waals surface area contributed by atoms with Crippen LogP contribution in [0.1, 0.15) is 1.37 Å².